The van der Waals surface area contributed by atoms with E-state index in [1.54, 1.807) is 18.3 Å². The van der Waals surface area contributed by atoms with Crippen LogP contribution in [-0.2, 0) is 26.2 Å². The summed E-state index contributed by atoms with van der Waals surface area (Å²) in [5.74, 6) is -0.602. The molecule has 1 aromatic carbocycles. The number of hydrogen-bond donors (Lipinski definition) is 1. The predicted molar refractivity (Wildman–Crippen MR) is 95.9 cm³/mol. The Labute approximate surface area is 152 Å². The van der Waals surface area contributed by atoms with Crippen LogP contribution in [0, 0.1) is 0 Å². The van der Waals surface area contributed by atoms with Crippen molar-refractivity contribution < 1.29 is 16.8 Å². The Morgan fingerprint density at radius 1 is 1.12 bits per heavy atom. The lowest BCUT2D eigenvalue weighted by Crippen LogP contribution is -2.43. The summed E-state index contributed by atoms with van der Waals surface area (Å²) in [5.41, 5.74) is 0.717. The fourth-order valence-corrected chi connectivity index (χ4v) is 7.69. The highest BCUT2D eigenvalue weighted by atomic mass is 35.5. The third-order valence-corrected chi connectivity index (χ3v) is 8.53. The molecule has 25 heavy (non-hydrogen) atoms. The second-order valence-corrected chi connectivity index (χ2v) is 10.7. The second-order valence-electron chi connectivity index (χ2n) is 5.92. The van der Waals surface area contributed by atoms with Crippen molar-refractivity contribution in [3.63, 3.8) is 0 Å². The van der Waals surface area contributed by atoms with E-state index in [0.717, 1.165) is 5.69 Å². The van der Waals surface area contributed by atoms with Crippen LogP contribution in [0.4, 0.5) is 0 Å². The average Bonchev–Trinajstić information content (AvgIpc) is 2.90. The van der Waals surface area contributed by atoms with Gasteiger partial charge in [0.25, 0.3) is 0 Å². The van der Waals surface area contributed by atoms with Crippen LogP contribution in [-0.4, -0.2) is 44.6 Å². The fraction of sp³-hybridized carbons (Fsp3) is 0.312. The molecule has 2 atom stereocenters. The normalized spacial score (nSPS) is 22.8. The monoisotopic (exact) mass is 400 g/mol. The van der Waals surface area contributed by atoms with Gasteiger partial charge in [0.05, 0.1) is 27.3 Å². The first-order valence-corrected chi connectivity index (χ1v) is 11.4. The Kier molecular flexibility index (Phi) is 5.15. The smallest absolute Gasteiger partial charge is 0.183 e. The third kappa shape index (κ3) is 4.20. The van der Waals surface area contributed by atoms with Gasteiger partial charge in [-0.3, -0.25) is 4.98 Å². The lowest BCUT2D eigenvalue weighted by atomic mass is 10.2. The van der Waals surface area contributed by atoms with E-state index >= 15 is 0 Å². The molecular weight excluding hydrogens is 384 g/mol. The largest absolute Gasteiger partial charge is 0.306 e. The molecule has 0 aliphatic carbocycles. The molecule has 3 rings (SSSR count). The Bertz CT molecular complexity index is 945. The molecule has 9 heteroatoms. The Balaban J connectivity index is 1.85. The van der Waals surface area contributed by atoms with Crippen LogP contribution in [0.2, 0.25) is 5.02 Å². The van der Waals surface area contributed by atoms with Gasteiger partial charge >= 0.3 is 0 Å². The molecule has 6 nitrogen and oxygen atoms in total. The summed E-state index contributed by atoms with van der Waals surface area (Å²) in [5, 5.41) is 2.42. The molecule has 0 amide bonds. The van der Waals surface area contributed by atoms with E-state index in [1.807, 2.05) is 6.07 Å². The minimum atomic E-state index is -3.80. The van der Waals surface area contributed by atoms with Gasteiger partial charge in [-0.2, -0.15) is 0 Å². The number of nitrogens with one attached hydrogen (secondary N) is 1. The average molecular weight is 401 g/mol. The SMILES string of the molecule is O=S1(=O)C[C@H](NCc2ccccn2)[C@@H](S(=O)(=O)c2ccc(Cl)cc2)C1. The van der Waals surface area contributed by atoms with Crippen LogP contribution in [0.3, 0.4) is 0 Å². The molecule has 1 aromatic heterocycles. The van der Waals surface area contributed by atoms with Crippen LogP contribution < -0.4 is 5.32 Å². The molecular formula is C16H17ClN2O4S2. The summed E-state index contributed by atoms with van der Waals surface area (Å²) < 4.78 is 49.9. The number of rotatable bonds is 5. The van der Waals surface area contributed by atoms with E-state index in [9.17, 15) is 16.8 Å². The summed E-state index contributed by atoms with van der Waals surface area (Å²) in [6, 6.07) is 10.5. The maximum Gasteiger partial charge on any atom is 0.183 e. The maximum atomic E-state index is 12.9. The van der Waals surface area contributed by atoms with Crippen molar-refractivity contribution in [1.29, 1.82) is 0 Å². The molecule has 1 fully saturated rings. The number of nitrogens with zero attached hydrogens (tertiary/aromatic N) is 1. The summed E-state index contributed by atoms with van der Waals surface area (Å²) >= 11 is 5.80. The molecule has 0 radical (unpaired) electrons. The van der Waals surface area contributed by atoms with Gasteiger partial charge in [0.1, 0.15) is 0 Å². The van der Waals surface area contributed by atoms with Gasteiger partial charge in [-0.1, -0.05) is 17.7 Å². The van der Waals surface area contributed by atoms with Gasteiger partial charge in [-0.15, -0.1) is 0 Å². The first-order valence-electron chi connectivity index (χ1n) is 7.61. The maximum absolute atomic E-state index is 12.9. The molecule has 1 saturated heterocycles. The molecule has 2 aromatic rings. The first-order chi connectivity index (χ1) is 11.8. The Morgan fingerprint density at radius 2 is 1.84 bits per heavy atom. The van der Waals surface area contributed by atoms with Crippen molar-refractivity contribution in [2.75, 3.05) is 11.5 Å². The van der Waals surface area contributed by atoms with Gasteiger partial charge in [0.15, 0.2) is 19.7 Å². The fourth-order valence-electron chi connectivity index (χ4n) is 2.85. The van der Waals surface area contributed by atoms with Crippen molar-refractivity contribution in [1.82, 2.24) is 10.3 Å². The highest BCUT2D eigenvalue weighted by Gasteiger charge is 2.45. The minimum absolute atomic E-state index is 0.0728. The minimum Gasteiger partial charge on any atom is -0.306 e. The van der Waals surface area contributed by atoms with Crippen LogP contribution in [0.5, 0.6) is 0 Å². The summed E-state index contributed by atoms with van der Waals surface area (Å²) in [6.07, 6.45) is 1.63. The zero-order valence-electron chi connectivity index (χ0n) is 13.2. The van der Waals surface area contributed by atoms with Crippen molar-refractivity contribution in [3.05, 3.63) is 59.4 Å². The number of halogens is 1. The quantitative estimate of drug-likeness (QED) is 0.816. The van der Waals surface area contributed by atoms with Gasteiger partial charge < -0.3 is 5.32 Å². The molecule has 2 heterocycles. The highest BCUT2D eigenvalue weighted by Crippen LogP contribution is 2.27. The Morgan fingerprint density at radius 3 is 2.48 bits per heavy atom. The van der Waals surface area contributed by atoms with Crippen molar-refractivity contribution in [2.45, 2.75) is 22.7 Å². The van der Waals surface area contributed by atoms with Gasteiger partial charge in [0.2, 0.25) is 0 Å². The Hall–Kier alpha value is -1.48. The number of sulfone groups is 2. The van der Waals surface area contributed by atoms with Gasteiger partial charge in [-0.25, -0.2) is 16.8 Å². The van der Waals surface area contributed by atoms with Crippen molar-refractivity contribution in [3.8, 4) is 0 Å². The molecule has 1 N–H and O–H groups in total. The van der Waals surface area contributed by atoms with E-state index in [1.165, 1.54) is 24.3 Å². The van der Waals surface area contributed by atoms with Crippen molar-refractivity contribution >= 4 is 31.3 Å². The number of aromatic nitrogens is 1. The summed E-state index contributed by atoms with van der Waals surface area (Å²) in [7, 11) is -7.24. The molecule has 1 aliphatic rings. The van der Waals surface area contributed by atoms with Gasteiger partial charge in [-0.05, 0) is 36.4 Å². The molecule has 0 unspecified atom stereocenters. The van der Waals surface area contributed by atoms with E-state index < -0.39 is 36.7 Å². The number of pyridine rings is 1. The standard InChI is InChI=1S/C16H17ClN2O4S2/c17-12-4-6-14(7-5-12)25(22,23)16-11-24(20,21)10-15(16)19-9-13-3-1-2-8-18-13/h1-8,15-16,19H,9-11H2/t15-,16-/m0/s1. The highest BCUT2D eigenvalue weighted by molar-refractivity contribution is 7.96. The second kappa shape index (κ2) is 7.03. The van der Waals surface area contributed by atoms with Crippen molar-refractivity contribution in [2.24, 2.45) is 0 Å². The first kappa shape index (κ1) is 18.3. The van der Waals surface area contributed by atoms with Crippen LogP contribution in [0.15, 0.2) is 53.6 Å². The van der Waals surface area contributed by atoms with Gasteiger partial charge in [0, 0.05) is 23.8 Å². The molecule has 0 saturated carbocycles. The lowest BCUT2D eigenvalue weighted by molar-refractivity contribution is 0.523. The zero-order valence-corrected chi connectivity index (χ0v) is 15.6. The molecule has 0 bridgehead atoms. The number of hydrogen-bond acceptors (Lipinski definition) is 6. The van der Waals surface area contributed by atoms with E-state index in [-0.39, 0.29) is 10.6 Å². The topological polar surface area (TPSA) is 93.2 Å². The van der Waals surface area contributed by atoms with E-state index in [0.29, 0.717) is 11.6 Å². The van der Waals surface area contributed by atoms with Crippen LogP contribution in [0.25, 0.3) is 0 Å². The predicted octanol–water partition coefficient (Wildman–Crippen LogP) is 1.46. The number of benzene rings is 1. The summed E-state index contributed by atoms with van der Waals surface area (Å²) in [6.45, 7) is 0.299. The van der Waals surface area contributed by atoms with E-state index in [2.05, 4.69) is 10.3 Å². The van der Waals surface area contributed by atoms with Crippen LogP contribution in [0.1, 0.15) is 5.69 Å². The lowest BCUT2D eigenvalue weighted by Gasteiger charge is -2.20. The molecule has 0 spiro atoms. The van der Waals surface area contributed by atoms with Crippen LogP contribution >= 0.6 is 11.6 Å². The molecule has 1 aliphatic heterocycles. The molecule has 134 valence electrons. The summed E-state index contributed by atoms with van der Waals surface area (Å²) in [4.78, 5) is 4.23. The van der Waals surface area contributed by atoms with E-state index in [4.69, 9.17) is 11.6 Å². The zero-order chi connectivity index (χ0) is 18.1. The third-order valence-electron chi connectivity index (χ3n) is 4.11.